The Hall–Kier alpha value is -3.47. The maximum Gasteiger partial charge on any atom is 0.270 e. The lowest BCUT2D eigenvalue weighted by Gasteiger charge is -2.20. The van der Waals surface area contributed by atoms with E-state index < -0.39 is 20.9 Å². The van der Waals surface area contributed by atoms with Gasteiger partial charge in [0.1, 0.15) is 0 Å². The van der Waals surface area contributed by atoms with Crippen LogP contribution in [-0.2, 0) is 14.8 Å². The van der Waals surface area contributed by atoms with Crippen LogP contribution in [0.1, 0.15) is 42.5 Å². The van der Waals surface area contributed by atoms with E-state index in [-0.39, 0.29) is 27.7 Å². The smallest absolute Gasteiger partial charge is 0.270 e. The highest BCUT2D eigenvalue weighted by molar-refractivity contribution is 7.92. The first-order valence-corrected chi connectivity index (χ1v) is 12.2. The van der Waals surface area contributed by atoms with Crippen LogP contribution in [0.15, 0.2) is 53.4 Å². The molecule has 11 heteroatoms. The molecule has 176 valence electrons. The average molecular weight is 475 g/mol. The highest BCUT2D eigenvalue weighted by Crippen LogP contribution is 2.23. The number of hydrogen-bond donors (Lipinski definition) is 2. The number of carbonyl (C=O) groups is 2. The van der Waals surface area contributed by atoms with Gasteiger partial charge in [0.2, 0.25) is 5.91 Å². The minimum Gasteiger partial charge on any atom is -0.352 e. The molecular formula is C22H26N4O6S. The van der Waals surface area contributed by atoms with Gasteiger partial charge in [-0.1, -0.05) is 24.6 Å². The highest BCUT2D eigenvalue weighted by atomic mass is 32.2. The molecule has 0 aromatic heterocycles. The number of nitro groups is 1. The molecular weight excluding hydrogens is 448 g/mol. The van der Waals surface area contributed by atoms with Crippen molar-refractivity contribution in [3.05, 3.63) is 64.2 Å². The lowest BCUT2D eigenvalue weighted by Crippen LogP contribution is -2.34. The molecule has 33 heavy (non-hydrogen) atoms. The maximum absolute atomic E-state index is 12.7. The molecule has 2 N–H and O–H groups in total. The number of likely N-dealkylation sites (tertiary alicyclic amines) is 1. The standard InChI is InChI=1S/C22H26N4O6S/c27-21-12-2-1-5-14-25(21)15-7-13-23-22(28)19-10-3-4-11-20(19)24-33(31,32)18-9-6-8-17(16-18)26(29)30/h3-4,6,8-11,16,24H,1-2,5,7,12-15H2,(H,23,28). The fourth-order valence-electron chi connectivity index (χ4n) is 3.58. The van der Waals surface area contributed by atoms with E-state index in [9.17, 15) is 28.1 Å². The largest absolute Gasteiger partial charge is 0.352 e. The number of nitrogens with one attached hydrogen (secondary N) is 2. The summed E-state index contributed by atoms with van der Waals surface area (Å²) >= 11 is 0. The van der Waals surface area contributed by atoms with E-state index in [0.29, 0.717) is 25.9 Å². The van der Waals surface area contributed by atoms with Gasteiger partial charge in [0.25, 0.3) is 21.6 Å². The number of nitro benzene ring substituents is 1. The Morgan fingerprint density at radius 2 is 1.88 bits per heavy atom. The molecule has 10 nitrogen and oxygen atoms in total. The van der Waals surface area contributed by atoms with Crippen LogP contribution in [0, 0.1) is 10.1 Å². The third kappa shape index (κ3) is 6.51. The SMILES string of the molecule is O=C(NCCCN1CCCCCC1=O)c1ccccc1NS(=O)(=O)c1cccc([N+](=O)[O-])c1. The zero-order valence-electron chi connectivity index (χ0n) is 18.0. The molecule has 3 rings (SSSR count). The van der Waals surface area contributed by atoms with Crippen molar-refractivity contribution in [1.82, 2.24) is 10.2 Å². The molecule has 0 atom stereocenters. The van der Waals surface area contributed by atoms with Crippen LogP contribution < -0.4 is 10.0 Å². The van der Waals surface area contributed by atoms with E-state index in [0.717, 1.165) is 31.9 Å². The number of rotatable bonds is 9. The van der Waals surface area contributed by atoms with Crippen molar-refractivity contribution in [3.63, 3.8) is 0 Å². The van der Waals surface area contributed by atoms with E-state index in [4.69, 9.17) is 0 Å². The second-order valence-electron chi connectivity index (χ2n) is 7.71. The third-order valence-corrected chi connectivity index (χ3v) is 6.68. The second-order valence-corrected chi connectivity index (χ2v) is 9.39. The molecule has 1 heterocycles. The molecule has 0 unspecified atom stereocenters. The summed E-state index contributed by atoms with van der Waals surface area (Å²) in [4.78, 5) is 36.6. The lowest BCUT2D eigenvalue weighted by molar-refractivity contribution is -0.385. The zero-order valence-corrected chi connectivity index (χ0v) is 18.8. The van der Waals surface area contributed by atoms with Crippen molar-refractivity contribution in [2.75, 3.05) is 24.4 Å². The van der Waals surface area contributed by atoms with Crippen molar-refractivity contribution in [2.45, 2.75) is 37.0 Å². The third-order valence-electron chi connectivity index (χ3n) is 5.32. The van der Waals surface area contributed by atoms with E-state index in [1.807, 2.05) is 4.90 Å². The summed E-state index contributed by atoms with van der Waals surface area (Å²) in [7, 11) is -4.15. The van der Waals surface area contributed by atoms with Crippen molar-refractivity contribution < 1.29 is 22.9 Å². The van der Waals surface area contributed by atoms with Crippen molar-refractivity contribution in [1.29, 1.82) is 0 Å². The predicted molar refractivity (Wildman–Crippen MR) is 122 cm³/mol. The zero-order chi connectivity index (χ0) is 23.8. The summed E-state index contributed by atoms with van der Waals surface area (Å²) in [5.74, 6) is -0.325. The number of nitrogens with zero attached hydrogens (tertiary/aromatic N) is 2. The van der Waals surface area contributed by atoms with Gasteiger partial charge < -0.3 is 10.2 Å². The lowest BCUT2D eigenvalue weighted by atomic mass is 10.1. The molecule has 0 saturated carbocycles. The fraction of sp³-hybridized carbons (Fsp3) is 0.364. The topological polar surface area (TPSA) is 139 Å². The summed E-state index contributed by atoms with van der Waals surface area (Å²) in [6.07, 6.45) is 4.08. The molecule has 1 saturated heterocycles. The first kappa shape index (κ1) is 24.2. The van der Waals surface area contributed by atoms with Crippen molar-refractivity contribution >= 4 is 33.2 Å². The number of non-ortho nitro benzene ring substituents is 1. The summed E-state index contributed by atoms with van der Waals surface area (Å²) in [6.45, 7) is 1.61. The van der Waals surface area contributed by atoms with Crippen LogP contribution in [0.5, 0.6) is 0 Å². The van der Waals surface area contributed by atoms with Gasteiger partial charge in [-0.3, -0.25) is 24.4 Å². The Bertz CT molecular complexity index is 1140. The van der Waals surface area contributed by atoms with Crippen LogP contribution in [0.3, 0.4) is 0 Å². The van der Waals surface area contributed by atoms with Gasteiger partial charge in [0, 0.05) is 38.2 Å². The number of amides is 2. The van der Waals surface area contributed by atoms with Gasteiger partial charge in [0.15, 0.2) is 0 Å². The highest BCUT2D eigenvalue weighted by Gasteiger charge is 2.21. The van der Waals surface area contributed by atoms with Gasteiger partial charge in [-0.15, -0.1) is 0 Å². The number of sulfonamides is 1. The summed E-state index contributed by atoms with van der Waals surface area (Å²) in [5.41, 5.74) is -0.173. The Morgan fingerprint density at radius 1 is 1.09 bits per heavy atom. The molecule has 1 fully saturated rings. The van der Waals surface area contributed by atoms with Crippen molar-refractivity contribution in [2.24, 2.45) is 0 Å². The summed E-state index contributed by atoms with van der Waals surface area (Å²) in [5, 5.41) is 13.7. The Kier molecular flexibility index (Phi) is 7.99. The van der Waals surface area contributed by atoms with Gasteiger partial charge in [-0.2, -0.15) is 0 Å². The summed E-state index contributed by atoms with van der Waals surface area (Å²) in [6, 6.07) is 10.8. The van der Waals surface area contributed by atoms with Crippen LogP contribution in [-0.4, -0.2) is 49.7 Å². The average Bonchev–Trinajstić information content (AvgIpc) is 3.00. The normalized spacial score (nSPS) is 14.4. The molecule has 0 spiro atoms. The number of hydrogen-bond acceptors (Lipinski definition) is 6. The van der Waals surface area contributed by atoms with Gasteiger partial charge in [-0.25, -0.2) is 8.42 Å². The maximum atomic E-state index is 12.7. The molecule has 0 aliphatic carbocycles. The van der Waals surface area contributed by atoms with Crippen LogP contribution in [0.4, 0.5) is 11.4 Å². The minimum atomic E-state index is -4.15. The van der Waals surface area contributed by atoms with Gasteiger partial charge in [0.05, 0.1) is 21.1 Å². The predicted octanol–water partition coefficient (Wildman–Crippen LogP) is 2.92. The van der Waals surface area contributed by atoms with Crippen LogP contribution in [0.25, 0.3) is 0 Å². The quantitative estimate of drug-likeness (QED) is 0.325. The van der Waals surface area contributed by atoms with Crippen molar-refractivity contribution in [3.8, 4) is 0 Å². The Labute approximate surface area is 192 Å². The number of para-hydroxylation sites is 1. The van der Waals surface area contributed by atoms with E-state index in [2.05, 4.69) is 10.0 Å². The first-order valence-electron chi connectivity index (χ1n) is 10.7. The van der Waals surface area contributed by atoms with Gasteiger partial charge in [-0.05, 0) is 37.5 Å². The van der Waals surface area contributed by atoms with Crippen LogP contribution in [0.2, 0.25) is 0 Å². The second kappa shape index (κ2) is 10.9. The fourth-order valence-corrected chi connectivity index (χ4v) is 4.70. The van der Waals surface area contributed by atoms with Gasteiger partial charge >= 0.3 is 0 Å². The number of benzene rings is 2. The van der Waals surface area contributed by atoms with E-state index >= 15 is 0 Å². The minimum absolute atomic E-state index is 0.0594. The molecule has 0 bridgehead atoms. The molecule has 2 aromatic rings. The molecule has 1 aliphatic heterocycles. The molecule has 2 aromatic carbocycles. The molecule has 2 amide bonds. The first-order chi connectivity index (χ1) is 15.8. The monoisotopic (exact) mass is 474 g/mol. The Morgan fingerprint density at radius 3 is 2.67 bits per heavy atom. The van der Waals surface area contributed by atoms with E-state index in [1.165, 1.54) is 30.3 Å². The molecule has 1 aliphatic rings. The number of anilines is 1. The van der Waals surface area contributed by atoms with E-state index in [1.54, 1.807) is 12.1 Å². The summed E-state index contributed by atoms with van der Waals surface area (Å²) < 4.78 is 27.8. The number of carbonyl (C=O) groups excluding carboxylic acids is 2. The van der Waals surface area contributed by atoms with Crippen LogP contribution >= 0.6 is 0 Å². The molecule has 0 radical (unpaired) electrons. The Balaban J connectivity index is 1.63.